The van der Waals surface area contributed by atoms with E-state index < -0.39 is 30.2 Å². The third-order valence-electron chi connectivity index (χ3n) is 4.21. The highest BCUT2D eigenvalue weighted by molar-refractivity contribution is 8.26. The highest BCUT2D eigenvalue weighted by Gasteiger charge is 2.34. The van der Waals surface area contributed by atoms with E-state index in [4.69, 9.17) is 29.5 Å². The second-order valence-corrected chi connectivity index (χ2v) is 8.41. The monoisotopic (exact) mass is 473 g/mol. The number of hydrogen-bond acceptors (Lipinski definition) is 7. The van der Waals surface area contributed by atoms with E-state index in [1.807, 2.05) is 0 Å². The van der Waals surface area contributed by atoms with Gasteiger partial charge in [0, 0.05) is 6.54 Å². The highest BCUT2D eigenvalue weighted by Crippen LogP contribution is 2.32. The van der Waals surface area contributed by atoms with Gasteiger partial charge in [0.25, 0.3) is 17.7 Å². The number of carbonyl (C=O) groups is 4. The van der Waals surface area contributed by atoms with Crippen molar-refractivity contribution < 1.29 is 24.3 Å². The molecule has 0 atom stereocenters. The molecule has 1 aromatic carbocycles. The summed E-state index contributed by atoms with van der Waals surface area (Å²) in [6, 6.07) is 6.77. The largest absolute Gasteiger partial charge is 0.480 e. The van der Waals surface area contributed by atoms with Crippen molar-refractivity contribution in [3.8, 4) is 0 Å². The lowest BCUT2D eigenvalue weighted by Gasteiger charge is -2.27. The Balaban J connectivity index is 1.80. The lowest BCUT2D eigenvalue weighted by Crippen LogP contribution is -2.53. The number of nitrogens with zero attached hydrogens (tertiary/aromatic N) is 2. The Kier molecular flexibility index (Phi) is 6.78. The van der Waals surface area contributed by atoms with Crippen LogP contribution in [-0.2, 0) is 19.2 Å². The molecule has 0 aromatic heterocycles. The minimum atomic E-state index is -1.15. The van der Waals surface area contributed by atoms with Crippen molar-refractivity contribution in [3.05, 3.63) is 58.5 Å². The molecule has 0 bridgehead atoms. The molecule has 0 unspecified atom stereocenters. The van der Waals surface area contributed by atoms with Gasteiger partial charge in [-0.1, -0.05) is 54.3 Å². The van der Waals surface area contributed by atoms with Crippen LogP contribution in [0.25, 0.3) is 12.2 Å². The second kappa shape index (κ2) is 9.33. The average molecular weight is 474 g/mol. The molecule has 0 radical (unpaired) electrons. The molecule has 2 heterocycles. The molecule has 158 valence electrons. The maximum Gasteiger partial charge on any atom is 0.323 e. The number of carbonyl (C=O) groups excluding carboxylic acids is 3. The number of carboxylic acids is 1. The van der Waals surface area contributed by atoms with Gasteiger partial charge in [-0.25, -0.2) is 0 Å². The summed E-state index contributed by atoms with van der Waals surface area (Å²) in [5, 5.41) is 11.4. The molecule has 1 aromatic rings. The maximum absolute atomic E-state index is 12.6. The fourth-order valence-electron chi connectivity index (χ4n) is 2.77. The van der Waals surface area contributed by atoms with Gasteiger partial charge in [-0.3, -0.25) is 34.3 Å². The maximum atomic E-state index is 12.6. The van der Waals surface area contributed by atoms with Gasteiger partial charge in [-0.15, -0.1) is 6.58 Å². The third kappa shape index (κ3) is 4.95. The first-order valence-electron chi connectivity index (χ1n) is 8.78. The van der Waals surface area contributed by atoms with E-state index in [9.17, 15) is 19.2 Å². The summed E-state index contributed by atoms with van der Waals surface area (Å²) >= 11 is 11.1. The van der Waals surface area contributed by atoms with Gasteiger partial charge >= 0.3 is 5.97 Å². The Labute approximate surface area is 192 Å². The summed E-state index contributed by atoms with van der Waals surface area (Å²) in [5.41, 5.74) is 1.21. The Bertz CT molecular complexity index is 1090. The van der Waals surface area contributed by atoms with Crippen LogP contribution >= 0.6 is 36.2 Å². The van der Waals surface area contributed by atoms with E-state index in [1.165, 1.54) is 17.1 Å². The second-order valence-electron chi connectivity index (χ2n) is 6.35. The lowest BCUT2D eigenvalue weighted by atomic mass is 10.1. The minimum Gasteiger partial charge on any atom is -0.480 e. The quantitative estimate of drug-likeness (QED) is 0.279. The summed E-state index contributed by atoms with van der Waals surface area (Å²) in [6.07, 6.45) is 4.56. The van der Waals surface area contributed by atoms with Gasteiger partial charge < -0.3 is 5.11 Å². The summed E-state index contributed by atoms with van der Waals surface area (Å²) in [5.74, 6) is -2.71. The van der Waals surface area contributed by atoms with Crippen molar-refractivity contribution in [1.82, 2.24) is 15.1 Å². The van der Waals surface area contributed by atoms with Gasteiger partial charge in [-0.2, -0.15) is 0 Å². The van der Waals surface area contributed by atoms with E-state index in [0.29, 0.717) is 16.0 Å². The number of carboxylic acid groups (broad SMARTS) is 1. The van der Waals surface area contributed by atoms with Gasteiger partial charge in [-0.05, 0) is 35.5 Å². The van der Waals surface area contributed by atoms with Crippen LogP contribution in [0.1, 0.15) is 11.1 Å². The minimum absolute atomic E-state index is 0.0302. The molecule has 2 fully saturated rings. The SMILES string of the molecule is C=CCN1C(=O)C(=Cc2ccc(C=C3SC(=S)N(CC(=O)O)C3=O)cc2)C(=O)NC1=S. The molecule has 2 N–H and O–H groups in total. The number of rotatable bonds is 6. The highest BCUT2D eigenvalue weighted by atomic mass is 32.2. The molecule has 11 heteroatoms. The van der Waals surface area contributed by atoms with Crippen LogP contribution in [0.4, 0.5) is 0 Å². The molecule has 0 saturated carbocycles. The van der Waals surface area contributed by atoms with E-state index in [-0.39, 0.29) is 21.6 Å². The molecule has 0 aliphatic carbocycles. The number of amides is 3. The third-order valence-corrected chi connectivity index (χ3v) is 5.91. The van der Waals surface area contributed by atoms with Crippen molar-refractivity contribution in [2.45, 2.75) is 0 Å². The fourth-order valence-corrected chi connectivity index (χ4v) is 4.27. The van der Waals surface area contributed by atoms with E-state index in [0.717, 1.165) is 16.7 Å². The Morgan fingerprint density at radius 2 is 1.68 bits per heavy atom. The Morgan fingerprint density at radius 1 is 1.06 bits per heavy atom. The Hall–Kier alpha value is -3.15. The summed E-state index contributed by atoms with van der Waals surface area (Å²) in [7, 11) is 0. The first kappa shape index (κ1) is 22.5. The number of thiocarbonyl (C=S) groups is 2. The zero-order chi connectivity index (χ0) is 22.7. The fraction of sp³-hybridized carbons (Fsp3) is 0.100. The standard InChI is InChI=1S/C20H15N3O5S3/c1-2-7-22-17(27)13(16(26)21-19(22)29)8-11-3-5-12(6-4-11)9-14-18(28)23(10-15(24)25)20(30)31-14/h2-6,8-9H,1,7,10H2,(H,24,25)(H,21,26,29). The molecule has 8 nitrogen and oxygen atoms in total. The molecular formula is C20H15N3O5S3. The average Bonchev–Trinajstić information content (AvgIpc) is 2.96. The molecule has 0 spiro atoms. The van der Waals surface area contributed by atoms with Gasteiger partial charge in [0.2, 0.25) is 0 Å². The first-order valence-corrected chi connectivity index (χ1v) is 10.4. The number of thioether (sulfide) groups is 1. The van der Waals surface area contributed by atoms with Gasteiger partial charge in [0.1, 0.15) is 16.4 Å². The summed E-state index contributed by atoms with van der Waals surface area (Å²) < 4.78 is 0.184. The molecule has 31 heavy (non-hydrogen) atoms. The van der Waals surface area contributed by atoms with Crippen molar-refractivity contribution in [1.29, 1.82) is 0 Å². The molecule has 2 saturated heterocycles. The lowest BCUT2D eigenvalue weighted by molar-refractivity contribution is -0.140. The van der Waals surface area contributed by atoms with Crippen LogP contribution in [0.3, 0.4) is 0 Å². The van der Waals surface area contributed by atoms with Crippen LogP contribution < -0.4 is 5.32 Å². The first-order chi connectivity index (χ1) is 14.7. The predicted molar refractivity (Wildman–Crippen MR) is 125 cm³/mol. The van der Waals surface area contributed by atoms with Crippen molar-refractivity contribution >= 4 is 81.5 Å². The number of benzene rings is 1. The molecule has 2 aliphatic heterocycles. The van der Waals surface area contributed by atoms with E-state index in [2.05, 4.69) is 11.9 Å². The number of hydrogen-bond donors (Lipinski definition) is 2. The van der Waals surface area contributed by atoms with E-state index >= 15 is 0 Å². The van der Waals surface area contributed by atoms with Crippen LogP contribution in [0.15, 0.2) is 47.4 Å². The van der Waals surface area contributed by atoms with Crippen molar-refractivity contribution in [2.24, 2.45) is 0 Å². The number of aliphatic carboxylic acids is 1. The van der Waals surface area contributed by atoms with Crippen LogP contribution in [0.5, 0.6) is 0 Å². The smallest absolute Gasteiger partial charge is 0.323 e. The topological polar surface area (TPSA) is 107 Å². The van der Waals surface area contributed by atoms with E-state index in [1.54, 1.807) is 30.3 Å². The summed E-state index contributed by atoms with van der Waals surface area (Å²) in [6.45, 7) is 3.26. The van der Waals surface area contributed by atoms with Crippen LogP contribution in [0.2, 0.25) is 0 Å². The zero-order valence-electron chi connectivity index (χ0n) is 15.9. The molecule has 3 rings (SSSR count). The predicted octanol–water partition coefficient (Wildman–Crippen LogP) is 1.79. The van der Waals surface area contributed by atoms with Crippen LogP contribution in [-0.4, -0.2) is 61.1 Å². The molecular weight excluding hydrogens is 458 g/mol. The molecule has 2 aliphatic rings. The van der Waals surface area contributed by atoms with Crippen LogP contribution in [0, 0.1) is 0 Å². The summed E-state index contributed by atoms with van der Waals surface area (Å²) in [4.78, 5) is 50.6. The van der Waals surface area contributed by atoms with Gasteiger partial charge in [0.15, 0.2) is 5.11 Å². The van der Waals surface area contributed by atoms with Crippen molar-refractivity contribution in [3.63, 3.8) is 0 Å². The molecule has 3 amide bonds. The zero-order valence-corrected chi connectivity index (χ0v) is 18.3. The van der Waals surface area contributed by atoms with Crippen molar-refractivity contribution in [2.75, 3.05) is 13.1 Å². The van der Waals surface area contributed by atoms with Gasteiger partial charge in [0.05, 0.1) is 4.91 Å². The normalized spacial score (nSPS) is 19.4. The Morgan fingerprint density at radius 3 is 2.26 bits per heavy atom. The number of nitrogens with one attached hydrogen (secondary N) is 1.